The first-order chi connectivity index (χ1) is 14.4. The van der Waals surface area contributed by atoms with Gasteiger partial charge < -0.3 is 15.2 Å². The predicted molar refractivity (Wildman–Crippen MR) is 135 cm³/mol. The van der Waals surface area contributed by atoms with Crippen LogP contribution in [0.4, 0.5) is 0 Å². The first-order valence-corrected chi connectivity index (χ1v) is 11.6. The number of halogens is 1. The SMILES string of the molecule is CCNC(=NCc1ccc(S(C)(=O)=O)cc1)N(C)Cc1ncc(-c2ccccc2)[nH]1.I. The molecule has 0 aliphatic carbocycles. The van der Waals surface area contributed by atoms with Crippen molar-refractivity contribution in [3.63, 3.8) is 0 Å². The third-order valence-electron chi connectivity index (χ3n) is 4.56. The highest BCUT2D eigenvalue weighted by atomic mass is 127. The first-order valence-electron chi connectivity index (χ1n) is 9.74. The summed E-state index contributed by atoms with van der Waals surface area (Å²) in [4.78, 5) is 14.8. The van der Waals surface area contributed by atoms with Crippen molar-refractivity contribution in [1.29, 1.82) is 0 Å². The van der Waals surface area contributed by atoms with Gasteiger partial charge in [-0.3, -0.25) is 0 Å². The van der Waals surface area contributed by atoms with E-state index < -0.39 is 9.84 Å². The van der Waals surface area contributed by atoms with Gasteiger partial charge in [-0.1, -0.05) is 42.5 Å². The topological polar surface area (TPSA) is 90.4 Å². The monoisotopic (exact) mass is 553 g/mol. The molecule has 166 valence electrons. The highest BCUT2D eigenvalue weighted by Crippen LogP contribution is 2.16. The number of hydrogen-bond donors (Lipinski definition) is 2. The van der Waals surface area contributed by atoms with E-state index >= 15 is 0 Å². The number of aromatic amines is 1. The number of nitrogens with zero attached hydrogens (tertiary/aromatic N) is 3. The Balaban J connectivity index is 0.00000341. The van der Waals surface area contributed by atoms with Crippen molar-refractivity contribution < 1.29 is 8.42 Å². The number of aromatic nitrogens is 2. The molecule has 0 radical (unpaired) electrons. The molecule has 0 amide bonds. The summed E-state index contributed by atoms with van der Waals surface area (Å²) in [6.45, 7) is 3.78. The highest BCUT2D eigenvalue weighted by molar-refractivity contribution is 14.0. The number of imidazole rings is 1. The molecule has 0 atom stereocenters. The molecule has 1 heterocycles. The van der Waals surface area contributed by atoms with E-state index in [1.165, 1.54) is 6.26 Å². The summed E-state index contributed by atoms with van der Waals surface area (Å²) in [6, 6.07) is 16.9. The van der Waals surface area contributed by atoms with Gasteiger partial charge in [0.25, 0.3) is 0 Å². The minimum Gasteiger partial charge on any atom is -0.357 e. The average Bonchev–Trinajstić information content (AvgIpc) is 3.20. The van der Waals surface area contributed by atoms with Crippen LogP contribution in [0.5, 0.6) is 0 Å². The predicted octanol–water partition coefficient (Wildman–Crippen LogP) is 3.70. The van der Waals surface area contributed by atoms with E-state index in [0.29, 0.717) is 18.0 Å². The molecule has 0 saturated heterocycles. The second-order valence-electron chi connectivity index (χ2n) is 7.05. The van der Waals surface area contributed by atoms with Crippen LogP contribution in [0.15, 0.2) is 70.7 Å². The molecule has 1 aromatic heterocycles. The molecule has 2 aromatic carbocycles. The van der Waals surface area contributed by atoms with Crippen LogP contribution in [0, 0.1) is 0 Å². The van der Waals surface area contributed by atoms with E-state index in [1.54, 1.807) is 24.3 Å². The Bertz CT molecular complexity index is 1100. The maximum atomic E-state index is 11.6. The number of nitrogens with one attached hydrogen (secondary N) is 2. The van der Waals surface area contributed by atoms with E-state index in [0.717, 1.165) is 35.1 Å². The molecule has 0 spiro atoms. The van der Waals surface area contributed by atoms with Crippen molar-refractivity contribution in [2.45, 2.75) is 24.9 Å². The third-order valence-corrected chi connectivity index (χ3v) is 5.69. The Labute approximate surface area is 201 Å². The third kappa shape index (κ3) is 7.06. The number of guanidine groups is 1. The number of hydrogen-bond acceptors (Lipinski definition) is 4. The minimum atomic E-state index is -3.19. The van der Waals surface area contributed by atoms with Gasteiger partial charge in [0.05, 0.1) is 29.9 Å². The van der Waals surface area contributed by atoms with Gasteiger partial charge in [0.15, 0.2) is 15.8 Å². The van der Waals surface area contributed by atoms with Crippen molar-refractivity contribution >= 4 is 39.8 Å². The van der Waals surface area contributed by atoms with Crippen molar-refractivity contribution in [1.82, 2.24) is 20.2 Å². The Morgan fingerprint density at radius 1 is 1.13 bits per heavy atom. The Morgan fingerprint density at radius 2 is 1.81 bits per heavy atom. The molecule has 0 fully saturated rings. The number of aliphatic imine (C=N–C) groups is 1. The standard InChI is InChI=1S/C22H27N5O2S.HI/c1-4-23-22(25-14-17-10-12-19(13-11-17)30(3,28)29)27(2)16-21-24-15-20(26-21)18-8-6-5-7-9-18;/h5-13,15H,4,14,16H2,1-3H3,(H,23,25)(H,24,26);1H. The molecule has 9 heteroatoms. The van der Waals surface area contributed by atoms with Gasteiger partial charge in [-0.05, 0) is 30.2 Å². The molecular formula is C22H28IN5O2S. The van der Waals surface area contributed by atoms with Gasteiger partial charge >= 0.3 is 0 Å². The fourth-order valence-electron chi connectivity index (χ4n) is 2.98. The molecule has 0 aliphatic heterocycles. The zero-order chi connectivity index (χ0) is 21.6. The lowest BCUT2D eigenvalue weighted by atomic mass is 10.2. The van der Waals surface area contributed by atoms with Gasteiger partial charge in [-0.25, -0.2) is 18.4 Å². The molecular weight excluding hydrogens is 525 g/mol. The largest absolute Gasteiger partial charge is 0.357 e. The molecule has 7 nitrogen and oxygen atoms in total. The van der Waals surface area contributed by atoms with Crippen molar-refractivity contribution in [3.05, 3.63) is 72.2 Å². The highest BCUT2D eigenvalue weighted by Gasteiger charge is 2.10. The summed E-state index contributed by atoms with van der Waals surface area (Å²) < 4.78 is 23.2. The second kappa shape index (κ2) is 11.3. The number of rotatable bonds is 7. The lowest BCUT2D eigenvalue weighted by Crippen LogP contribution is -2.38. The summed E-state index contributed by atoms with van der Waals surface area (Å²) in [5.74, 6) is 1.60. The van der Waals surface area contributed by atoms with Crippen LogP contribution in [-0.4, -0.2) is 49.1 Å². The molecule has 0 aliphatic rings. The molecule has 2 N–H and O–H groups in total. The fraction of sp³-hybridized carbons (Fsp3) is 0.273. The molecule has 0 bridgehead atoms. The van der Waals surface area contributed by atoms with Crippen LogP contribution < -0.4 is 5.32 Å². The van der Waals surface area contributed by atoms with Gasteiger partial charge in [-0.2, -0.15) is 0 Å². The molecule has 3 aromatic rings. The van der Waals surface area contributed by atoms with E-state index in [9.17, 15) is 8.42 Å². The first kappa shape index (κ1) is 24.9. The van der Waals surface area contributed by atoms with E-state index in [-0.39, 0.29) is 24.0 Å². The van der Waals surface area contributed by atoms with Crippen LogP contribution in [-0.2, 0) is 22.9 Å². The van der Waals surface area contributed by atoms with Crippen molar-refractivity contribution in [2.75, 3.05) is 19.8 Å². The summed E-state index contributed by atoms with van der Waals surface area (Å²) in [6.07, 6.45) is 3.04. The smallest absolute Gasteiger partial charge is 0.194 e. The second-order valence-corrected chi connectivity index (χ2v) is 9.07. The molecule has 0 unspecified atom stereocenters. The summed E-state index contributed by atoms with van der Waals surface area (Å²) in [5, 5.41) is 3.29. The fourth-order valence-corrected chi connectivity index (χ4v) is 3.62. The Morgan fingerprint density at radius 3 is 2.42 bits per heavy atom. The van der Waals surface area contributed by atoms with Crippen LogP contribution in [0.25, 0.3) is 11.3 Å². The zero-order valence-corrected chi connectivity index (χ0v) is 21.0. The summed E-state index contributed by atoms with van der Waals surface area (Å²) >= 11 is 0. The van der Waals surface area contributed by atoms with Gasteiger partial charge in [0, 0.05) is 19.8 Å². The van der Waals surface area contributed by atoms with Gasteiger partial charge in [-0.15, -0.1) is 24.0 Å². The molecule has 31 heavy (non-hydrogen) atoms. The average molecular weight is 553 g/mol. The maximum Gasteiger partial charge on any atom is 0.194 e. The number of benzene rings is 2. The van der Waals surface area contributed by atoms with Crippen molar-refractivity contribution in [2.24, 2.45) is 4.99 Å². The van der Waals surface area contributed by atoms with Gasteiger partial charge in [0.2, 0.25) is 0 Å². The number of sulfone groups is 1. The Hall–Kier alpha value is -2.40. The van der Waals surface area contributed by atoms with Gasteiger partial charge in [0.1, 0.15) is 5.82 Å². The van der Waals surface area contributed by atoms with E-state index in [4.69, 9.17) is 0 Å². The molecule has 0 saturated carbocycles. The lowest BCUT2D eigenvalue weighted by Gasteiger charge is -2.21. The van der Waals surface area contributed by atoms with E-state index in [1.807, 2.05) is 55.4 Å². The van der Waals surface area contributed by atoms with Crippen molar-refractivity contribution in [3.8, 4) is 11.3 Å². The minimum absolute atomic E-state index is 0. The summed E-state index contributed by atoms with van der Waals surface area (Å²) in [7, 11) is -1.24. The normalized spacial score (nSPS) is 11.6. The maximum absolute atomic E-state index is 11.6. The lowest BCUT2D eigenvalue weighted by molar-refractivity contribution is 0.464. The van der Waals surface area contributed by atoms with Crippen LogP contribution in [0.2, 0.25) is 0 Å². The van der Waals surface area contributed by atoms with Crippen LogP contribution in [0.3, 0.4) is 0 Å². The van der Waals surface area contributed by atoms with Crippen LogP contribution in [0.1, 0.15) is 18.3 Å². The zero-order valence-electron chi connectivity index (χ0n) is 17.9. The number of H-pyrrole nitrogens is 1. The quantitative estimate of drug-likeness (QED) is 0.265. The Kier molecular flexibility index (Phi) is 9.05. The van der Waals surface area contributed by atoms with Crippen LogP contribution >= 0.6 is 24.0 Å². The van der Waals surface area contributed by atoms with E-state index in [2.05, 4.69) is 20.3 Å². The summed E-state index contributed by atoms with van der Waals surface area (Å²) in [5.41, 5.74) is 3.01. The molecule has 3 rings (SSSR count).